The zero-order valence-electron chi connectivity index (χ0n) is 16.7. The molecular formula is C23H32N2O. The van der Waals surface area contributed by atoms with Crippen molar-refractivity contribution in [2.75, 3.05) is 18.0 Å². The summed E-state index contributed by atoms with van der Waals surface area (Å²) in [4.78, 5) is 15.0. The summed E-state index contributed by atoms with van der Waals surface area (Å²) in [6, 6.07) is 6.39. The van der Waals surface area contributed by atoms with Gasteiger partial charge in [0.1, 0.15) is 0 Å². The van der Waals surface area contributed by atoms with Crippen molar-refractivity contribution in [1.82, 2.24) is 5.32 Å². The van der Waals surface area contributed by atoms with Crippen molar-refractivity contribution in [3.05, 3.63) is 47.1 Å². The number of nitrogens with one attached hydrogen (secondary N) is 1. The molecule has 0 aromatic heterocycles. The van der Waals surface area contributed by atoms with Gasteiger partial charge >= 0.3 is 0 Å². The van der Waals surface area contributed by atoms with Crippen LogP contribution in [0.2, 0.25) is 0 Å². The minimum absolute atomic E-state index is 0.142. The summed E-state index contributed by atoms with van der Waals surface area (Å²) in [7, 11) is 0. The molecule has 1 N–H and O–H groups in total. The van der Waals surface area contributed by atoms with E-state index in [-0.39, 0.29) is 11.4 Å². The lowest BCUT2D eigenvalue weighted by molar-refractivity contribution is -0.118. The van der Waals surface area contributed by atoms with Crippen molar-refractivity contribution in [1.29, 1.82) is 0 Å². The van der Waals surface area contributed by atoms with Crippen LogP contribution >= 0.6 is 0 Å². The van der Waals surface area contributed by atoms with Gasteiger partial charge in [-0.2, -0.15) is 0 Å². The Balaban J connectivity index is 1.68. The number of carbonyl (C=O) groups is 1. The molecule has 0 fully saturated rings. The number of carbonyl (C=O) groups excluding carboxylic acids is 1. The van der Waals surface area contributed by atoms with E-state index in [0.717, 1.165) is 24.2 Å². The lowest BCUT2D eigenvalue weighted by Gasteiger charge is -2.41. The Kier molecular flexibility index (Phi) is 5.67. The van der Waals surface area contributed by atoms with Crippen LogP contribution in [0.4, 0.5) is 5.69 Å². The highest BCUT2D eigenvalue weighted by Gasteiger charge is 2.35. The molecule has 0 saturated heterocycles. The fraction of sp³-hybridized carbons (Fsp3) is 0.522. The van der Waals surface area contributed by atoms with E-state index >= 15 is 0 Å². The van der Waals surface area contributed by atoms with E-state index in [1.54, 1.807) is 5.57 Å². The number of amides is 1. The second-order valence-corrected chi connectivity index (χ2v) is 8.27. The van der Waals surface area contributed by atoms with Gasteiger partial charge in [-0.25, -0.2) is 0 Å². The predicted octanol–water partition coefficient (Wildman–Crippen LogP) is 5.00. The molecule has 2 aliphatic rings. The molecule has 3 heteroatoms. The number of aryl methyl sites for hydroxylation is 1. The number of hydrogen-bond acceptors (Lipinski definition) is 2. The van der Waals surface area contributed by atoms with Crippen LogP contribution in [0.15, 0.2) is 35.9 Å². The summed E-state index contributed by atoms with van der Waals surface area (Å²) in [6.07, 6.45) is 10.7. The third-order valence-electron chi connectivity index (χ3n) is 5.50. The van der Waals surface area contributed by atoms with Gasteiger partial charge in [0.15, 0.2) is 0 Å². The third kappa shape index (κ3) is 4.09. The van der Waals surface area contributed by atoms with Gasteiger partial charge in [0.05, 0.1) is 17.8 Å². The molecule has 3 nitrogen and oxygen atoms in total. The standard InChI is InChI=1S/C23H32N2O/c1-17-10-11-20-18(2)15-23(3,4)25(21(20)14-17)22(26)16-24-13-12-19-8-6-5-7-9-19/h8,10-11,14-15,24H,5-7,9,12-13,16H2,1-4H3. The quantitative estimate of drug-likeness (QED) is 0.597. The number of rotatable bonds is 5. The second-order valence-electron chi connectivity index (χ2n) is 8.27. The first-order valence-corrected chi connectivity index (χ1v) is 9.91. The van der Waals surface area contributed by atoms with Crippen LogP contribution in [0.5, 0.6) is 0 Å². The summed E-state index contributed by atoms with van der Waals surface area (Å²) in [5, 5.41) is 3.37. The van der Waals surface area contributed by atoms with E-state index < -0.39 is 0 Å². The van der Waals surface area contributed by atoms with Crippen LogP contribution in [-0.2, 0) is 4.79 Å². The number of nitrogens with zero attached hydrogens (tertiary/aromatic N) is 1. The van der Waals surface area contributed by atoms with E-state index in [0.29, 0.717) is 6.54 Å². The van der Waals surface area contributed by atoms with Crippen molar-refractivity contribution < 1.29 is 4.79 Å². The van der Waals surface area contributed by atoms with Crippen molar-refractivity contribution in [3.8, 4) is 0 Å². The number of hydrogen-bond donors (Lipinski definition) is 1. The van der Waals surface area contributed by atoms with E-state index in [2.05, 4.69) is 63.4 Å². The van der Waals surface area contributed by atoms with Gasteiger partial charge in [-0.15, -0.1) is 0 Å². The van der Waals surface area contributed by atoms with Gasteiger partial charge < -0.3 is 10.2 Å². The first kappa shape index (κ1) is 18.9. The van der Waals surface area contributed by atoms with Gasteiger partial charge in [-0.1, -0.05) is 29.9 Å². The van der Waals surface area contributed by atoms with Crippen LogP contribution in [0, 0.1) is 6.92 Å². The monoisotopic (exact) mass is 352 g/mol. The highest BCUT2D eigenvalue weighted by Crippen LogP contribution is 2.39. The number of allylic oxidation sites excluding steroid dienone is 2. The average molecular weight is 353 g/mol. The van der Waals surface area contributed by atoms with Gasteiger partial charge in [-0.3, -0.25) is 4.79 Å². The summed E-state index contributed by atoms with van der Waals surface area (Å²) in [6.45, 7) is 9.71. The molecule has 0 spiro atoms. The molecule has 0 radical (unpaired) electrons. The fourth-order valence-electron chi connectivity index (χ4n) is 4.25. The topological polar surface area (TPSA) is 32.3 Å². The number of benzene rings is 1. The van der Waals surface area contributed by atoms with E-state index in [9.17, 15) is 4.79 Å². The zero-order chi connectivity index (χ0) is 18.7. The zero-order valence-corrected chi connectivity index (χ0v) is 16.7. The minimum atomic E-state index is -0.310. The minimum Gasteiger partial charge on any atom is -0.308 e. The lowest BCUT2D eigenvalue weighted by Crippen LogP contribution is -2.51. The number of fused-ring (bicyclic) bond motifs is 1. The van der Waals surface area contributed by atoms with Crippen molar-refractivity contribution >= 4 is 17.2 Å². The molecular weight excluding hydrogens is 320 g/mol. The second kappa shape index (κ2) is 7.79. The Bertz CT molecular complexity index is 743. The van der Waals surface area contributed by atoms with Crippen molar-refractivity contribution in [2.45, 2.75) is 65.3 Å². The first-order chi connectivity index (χ1) is 12.4. The lowest BCUT2D eigenvalue weighted by atomic mass is 9.88. The Morgan fingerprint density at radius 1 is 1.23 bits per heavy atom. The molecule has 1 aromatic rings. The first-order valence-electron chi connectivity index (χ1n) is 9.91. The molecule has 1 aliphatic heterocycles. The predicted molar refractivity (Wildman–Crippen MR) is 110 cm³/mol. The molecule has 140 valence electrons. The molecule has 0 saturated carbocycles. The molecule has 0 atom stereocenters. The Labute approximate surface area is 158 Å². The van der Waals surface area contributed by atoms with Crippen LogP contribution in [-0.4, -0.2) is 24.5 Å². The van der Waals surface area contributed by atoms with Crippen molar-refractivity contribution in [3.63, 3.8) is 0 Å². The molecule has 0 unspecified atom stereocenters. The maximum atomic E-state index is 13.1. The van der Waals surface area contributed by atoms with E-state index in [1.165, 1.54) is 36.8 Å². The largest absolute Gasteiger partial charge is 0.308 e. The molecule has 1 heterocycles. The highest BCUT2D eigenvalue weighted by atomic mass is 16.2. The van der Waals surface area contributed by atoms with Crippen LogP contribution < -0.4 is 10.2 Å². The summed E-state index contributed by atoms with van der Waals surface area (Å²) >= 11 is 0. The molecule has 1 amide bonds. The maximum absolute atomic E-state index is 13.1. The summed E-state index contributed by atoms with van der Waals surface area (Å²) < 4.78 is 0. The molecule has 1 aliphatic carbocycles. The Morgan fingerprint density at radius 2 is 2.04 bits per heavy atom. The highest BCUT2D eigenvalue weighted by molar-refractivity contribution is 6.01. The van der Waals surface area contributed by atoms with Gasteiger partial charge in [-0.05, 0) is 83.5 Å². The maximum Gasteiger partial charge on any atom is 0.241 e. The van der Waals surface area contributed by atoms with E-state index in [4.69, 9.17) is 0 Å². The van der Waals surface area contributed by atoms with Gasteiger partial charge in [0, 0.05) is 5.56 Å². The smallest absolute Gasteiger partial charge is 0.241 e. The summed E-state index contributed by atoms with van der Waals surface area (Å²) in [5.41, 5.74) is 5.87. The SMILES string of the molecule is CC1=CC(C)(C)N(C(=O)CNCCC2=CCCCC2)c2cc(C)ccc21. The van der Waals surface area contributed by atoms with Crippen LogP contribution in [0.1, 0.15) is 64.0 Å². The Morgan fingerprint density at radius 3 is 2.77 bits per heavy atom. The van der Waals surface area contributed by atoms with Gasteiger partial charge in [0.25, 0.3) is 0 Å². The Hall–Kier alpha value is -1.87. The molecule has 26 heavy (non-hydrogen) atoms. The van der Waals surface area contributed by atoms with E-state index in [1.807, 2.05) is 4.90 Å². The molecule has 0 bridgehead atoms. The fourth-order valence-corrected chi connectivity index (χ4v) is 4.25. The normalized spacial score (nSPS) is 18.8. The molecule has 3 rings (SSSR count). The van der Waals surface area contributed by atoms with Crippen LogP contribution in [0.3, 0.4) is 0 Å². The van der Waals surface area contributed by atoms with Crippen LogP contribution in [0.25, 0.3) is 5.57 Å². The average Bonchev–Trinajstić information content (AvgIpc) is 2.58. The van der Waals surface area contributed by atoms with Gasteiger partial charge in [0.2, 0.25) is 5.91 Å². The summed E-state index contributed by atoms with van der Waals surface area (Å²) in [5.74, 6) is 0.142. The third-order valence-corrected chi connectivity index (χ3v) is 5.50. The molecule has 1 aromatic carbocycles. The number of anilines is 1. The van der Waals surface area contributed by atoms with Crippen molar-refractivity contribution in [2.24, 2.45) is 0 Å².